The van der Waals surface area contributed by atoms with Crippen LogP contribution in [0.1, 0.15) is 26.7 Å². The number of hydrogen-bond donors (Lipinski definition) is 0. The topological polar surface area (TPSA) is 61.8 Å². The summed E-state index contributed by atoms with van der Waals surface area (Å²) in [6.45, 7) is 7.58. The van der Waals surface area contributed by atoms with Gasteiger partial charge in [-0.15, -0.1) is 0 Å². The van der Waals surface area contributed by atoms with Gasteiger partial charge in [-0.3, -0.25) is 4.79 Å². The molecule has 2 bridgehead atoms. The molecule has 5 rings (SSSR count). The molecule has 0 aromatic heterocycles. The molecule has 1 spiro atoms. The van der Waals surface area contributed by atoms with Crippen LogP contribution in [0.25, 0.3) is 0 Å². The summed E-state index contributed by atoms with van der Waals surface area (Å²) in [5.41, 5.74) is -0.0921. The molecule has 2 aliphatic carbocycles. The number of carbonyl (C=O) groups is 2. The molecule has 0 unspecified atom stereocenters. The average molecular weight is 276 g/mol. The Kier molecular flexibility index (Phi) is 2.09. The van der Waals surface area contributed by atoms with Gasteiger partial charge in [-0.2, -0.15) is 0 Å². The molecule has 0 amide bonds. The number of hydrogen-bond acceptors (Lipinski definition) is 5. The summed E-state index contributed by atoms with van der Waals surface area (Å²) in [5, 5.41) is 0. The van der Waals surface area contributed by atoms with Crippen LogP contribution in [0.2, 0.25) is 0 Å². The van der Waals surface area contributed by atoms with Gasteiger partial charge in [0.1, 0.15) is 11.7 Å². The van der Waals surface area contributed by atoms with Crippen LogP contribution < -0.4 is 0 Å². The van der Waals surface area contributed by atoms with Crippen molar-refractivity contribution in [1.82, 2.24) is 0 Å². The molecular weight excluding hydrogens is 260 g/mol. The second-order valence-corrected chi connectivity index (χ2v) is 6.53. The van der Waals surface area contributed by atoms with Crippen molar-refractivity contribution < 1.29 is 24.1 Å². The lowest BCUT2D eigenvalue weighted by Gasteiger charge is -2.56. The van der Waals surface area contributed by atoms with Gasteiger partial charge in [0.2, 0.25) is 0 Å². The van der Waals surface area contributed by atoms with Crippen LogP contribution in [0.3, 0.4) is 0 Å². The first-order valence-electron chi connectivity index (χ1n) is 6.89. The third-order valence-corrected chi connectivity index (χ3v) is 5.40. The van der Waals surface area contributed by atoms with Crippen molar-refractivity contribution in [2.45, 2.75) is 44.5 Å². The van der Waals surface area contributed by atoms with Crippen LogP contribution in [0, 0.1) is 11.3 Å². The van der Waals surface area contributed by atoms with Crippen molar-refractivity contribution in [2.24, 2.45) is 11.3 Å². The molecule has 3 aliphatic heterocycles. The highest BCUT2D eigenvalue weighted by atomic mass is 17.2. The van der Waals surface area contributed by atoms with Crippen molar-refractivity contribution in [1.29, 1.82) is 0 Å². The Hall–Kier alpha value is -1.46. The van der Waals surface area contributed by atoms with E-state index < -0.39 is 17.1 Å². The Morgan fingerprint density at radius 2 is 2.10 bits per heavy atom. The standard InChI is InChI=1S/C15H16O5/c1-7-8-4-5-15-9(11(8)18-13(7)17)6-10(19-20-15)12(16)14(15,2)3/h6,8,10-11H,1,4-5H2,2-3H3/t8-,10-,11-,15+/m0/s1. The number of fused-ring (bicyclic) bond motifs is 3. The maximum Gasteiger partial charge on any atom is 0.334 e. The number of Topliss-reactive ketones (excluding diaryl/α,β-unsaturated/α-hetero) is 1. The van der Waals surface area contributed by atoms with Crippen molar-refractivity contribution in [3.63, 3.8) is 0 Å². The monoisotopic (exact) mass is 276 g/mol. The van der Waals surface area contributed by atoms with Gasteiger partial charge in [0.15, 0.2) is 11.9 Å². The van der Waals surface area contributed by atoms with Crippen LogP contribution in [-0.2, 0) is 24.1 Å². The maximum absolute atomic E-state index is 12.4. The van der Waals surface area contributed by atoms with Crippen LogP contribution in [0.5, 0.6) is 0 Å². The molecule has 3 heterocycles. The van der Waals surface area contributed by atoms with Crippen LogP contribution in [0.15, 0.2) is 23.8 Å². The van der Waals surface area contributed by atoms with Crippen molar-refractivity contribution in [3.8, 4) is 0 Å². The summed E-state index contributed by atoms with van der Waals surface area (Å²) in [6, 6.07) is 0. The van der Waals surface area contributed by atoms with E-state index in [2.05, 4.69) is 6.58 Å². The highest BCUT2D eigenvalue weighted by Crippen LogP contribution is 2.59. The predicted molar refractivity (Wildman–Crippen MR) is 67.3 cm³/mol. The van der Waals surface area contributed by atoms with Crippen LogP contribution >= 0.6 is 0 Å². The van der Waals surface area contributed by atoms with E-state index in [1.54, 1.807) is 6.08 Å². The highest BCUT2D eigenvalue weighted by Gasteiger charge is 2.67. The van der Waals surface area contributed by atoms with Crippen molar-refractivity contribution in [3.05, 3.63) is 23.8 Å². The van der Waals surface area contributed by atoms with Gasteiger partial charge in [0.05, 0.1) is 5.41 Å². The SMILES string of the molecule is C=C1C(=O)O[C@@H]2C3=C[C@@H]4OO[C@@]3(CC[C@@H]12)C(C)(C)C4=O. The van der Waals surface area contributed by atoms with Gasteiger partial charge in [-0.1, -0.05) is 6.58 Å². The zero-order valence-electron chi connectivity index (χ0n) is 11.5. The number of rotatable bonds is 0. The molecule has 0 aromatic rings. The molecule has 1 saturated carbocycles. The van der Waals surface area contributed by atoms with E-state index in [0.717, 1.165) is 5.57 Å². The first-order valence-corrected chi connectivity index (χ1v) is 6.89. The largest absolute Gasteiger partial charge is 0.454 e. The van der Waals surface area contributed by atoms with Gasteiger partial charge in [-0.25, -0.2) is 14.6 Å². The summed E-state index contributed by atoms with van der Waals surface area (Å²) in [7, 11) is 0. The van der Waals surface area contributed by atoms with E-state index in [4.69, 9.17) is 14.5 Å². The molecule has 0 aromatic carbocycles. The third-order valence-electron chi connectivity index (χ3n) is 5.40. The van der Waals surface area contributed by atoms with E-state index >= 15 is 0 Å². The van der Waals surface area contributed by atoms with Gasteiger partial charge >= 0.3 is 5.97 Å². The van der Waals surface area contributed by atoms with Gasteiger partial charge < -0.3 is 4.74 Å². The molecule has 5 aliphatic rings. The van der Waals surface area contributed by atoms with Crippen LogP contribution in [-0.4, -0.2) is 29.6 Å². The fourth-order valence-corrected chi connectivity index (χ4v) is 4.04. The number of carbonyl (C=O) groups excluding carboxylic acids is 2. The lowest BCUT2D eigenvalue weighted by molar-refractivity contribution is -0.411. The predicted octanol–water partition coefficient (Wildman–Crippen LogP) is 1.48. The summed E-state index contributed by atoms with van der Waals surface area (Å²) in [6.07, 6.45) is 2.05. The molecule has 2 saturated heterocycles. The Bertz CT molecular complexity index is 587. The maximum atomic E-state index is 12.4. The summed E-state index contributed by atoms with van der Waals surface area (Å²) in [5.74, 6) is -0.327. The fourth-order valence-electron chi connectivity index (χ4n) is 4.04. The quantitative estimate of drug-likeness (QED) is 0.290. The smallest absolute Gasteiger partial charge is 0.334 e. The zero-order valence-corrected chi connectivity index (χ0v) is 11.5. The first kappa shape index (κ1) is 12.3. The molecule has 5 nitrogen and oxygen atoms in total. The minimum Gasteiger partial charge on any atom is -0.454 e. The van der Waals surface area contributed by atoms with Crippen molar-refractivity contribution >= 4 is 11.8 Å². The number of ketones is 1. The van der Waals surface area contributed by atoms with E-state index in [-0.39, 0.29) is 23.8 Å². The average Bonchev–Trinajstić information content (AvgIpc) is 2.71. The minimum atomic E-state index is -0.815. The van der Waals surface area contributed by atoms with E-state index in [9.17, 15) is 9.59 Å². The number of esters is 1. The Labute approximate surface area is 116 Å². The molecule has 106 valence electrons. The van der Waals surface area contributed by atoms with Gasteiger partial charge in [-0.05, 0) is 32.8 Å². The Balaban J connectivity index is 1.87. The van der Waals surface area contributed by atoms with Crippen LogP contribution in [0.4, 0.5) is 0 Å². The normalized spacial score (nSPS) is 44.8. The molecular formula is C15H16O5. The Morgan fingerprint density at radius 3 is 2.85 bits per heavy atom. The van der Waals surface area contributed by atoms with Gasteiger partial charge in [0.25, 0.3) is 0 Å². The van der Waals surface area contributed by atoms with Crippen molar-refractivity contribution in [2.75, 3.05) is 0 Å². The molecule has 20 heavy (non-hydrogen) atoms. The summed E-state index contributed by atoms with van der Waals surface area (Å²) in [4.78, 5) is 35.0. The summed E-state index contributed by atoms with van der Waals surface area (Å²) < 4.78 is 5.47. The lowest BCUT2D eigenvalue weighted by atomic mass is 9.55. The lowest BCUT2D eigenvalue weighted by Crippen LogP contribution is -2.66. The highest BCUT2D eigenvalue weighted by molar-refractivity contribution is 5.95. The summed E-state index contributed by atoms with van der Waals surface area (Å²) >= 11 is 0. The fraction of sp³-hybridized carbons (Fsp3) is 0.600. The minimum absolute atomic E-state index is 0.00627. The molecule has 5 heteroatoms. The van der Waals surface area contributed by atoms with Gasteiger partial charge in [0, 0.05) is 17.1 Å². The molecule has 3 fully saturated rings. The van der Waals surface area contributed by atoms with E-state index in [1.165, 1.54) is 0 Å². The first-order chi connectivity index (χ1) is 9.38. The zero-order chi connectivity index (χ0) is 14.3. The van der Waals surface area contributed by atoms with E-state index in [0.29, 0.717) is 18.4 Å². The second-order valence-electron chi connectivity index (χ2n) is 6.53. The second kappa shape index (κ2) is 3.40. The molecule has 0 N–H and O–H groups in total. The van der Waals surface area contributed by atoms with E-state index in [1.807, 2.05) is 13.8 Å². The molecule has 0 radical (unpaired) electrons. The Morgan fingerprint density at radius 1 is 1.35 bits per heavy atom. The third kappa shape index (κ3) is 1.13. The number of ether oxygens (including phenoxy) is 1. The molecule has 4 atom stereocenters.